The molecule has 15 heavy (non-hydrogen) atoms. The van der Waals surface area contributed by atoms with Gasteiger partial charge in [0.1, 0.15) is 5.82 Å². The van der Waals surface area contributed by atoms with E-state index in [0.717, 1.165) is 30.6 Å². The fourth-order valence-electron chi connectivity index (χ4n) is 2.16. The van der Waals surface area contributed by atoms with E-state index in [9.17, 15) is 5.11 Å². The van der Waals surface area contributed by atoms with Crippen molar-refractivity contribution in [1.29, 1.82) is 0 Å². The van der Waals surface area contributed by atoms with E-state index in [1.165, 1.54) is 0 Å². The summed E-state index contributed by atoms with van der Waals surface area (Å²) in [6.45, 7) is 0. The molecular formula is C11H13N3O. The van der Waals surface area contributed by atoms with Gasteiger partial charge < -0.3 is 10.8 Å². The molecule has 2 heterocycles. The van der Waals surface area contributed by atoms with Crippen molar-refractivity contribution in [2.75, 3.05) is 0 Å². The van der Waals surface area contributed by atoms with Gasteiger partial charge in [-0.1, -0.05) is 6.07 Å². The van der Waals surface area contributed by atoms with Crippen LogP contribution in [0.5, 0.6) is 5.88 Å². The first-order chi connectivity index (χ1) is 7.21. The van der Waals surface area contributed by atoms with Gasteiger partial charge in [-0.05, 0) is 31.4 Å². The van der Waals surface area contributed by atoms with Gasteiger partial charge in [-0.15, -0.1) is 0 Å². The van der Waals surface area contributed by atoms with E-state index in [1.807, 2.05) is 6.07 Å². The molecule has 2 aromatic heterocycles. The number of aromatic hydroxyl groups is 1. The third-order valence-corrected chi connectivity index (χ3v) is 3.22. The number of hydrogen-bond acceptors (Lipinski definition) is 3. The molecule has 0 aromatic carbocycles. The lowest BCUT2D eigenvalue weighted by atomic mass is 9.77. The zero-order valence-corrected chi connectivity index (χ0v) is 8.35. The van der Waals surface area contributed by atoms with Crippen LogP contribution in [-0.4, -0.2) is 14.5 Å². The molecule has 0 amide bonds. The number of fused-ring (bicyclic) bond motifs is 1. The normalized spacial score (nSPS) is 19.0. The molecular weight excluding hydrogens is 190 g/mol. The van der Waals surface area contributed by atoms with Crippen LogP contribution in [0.15, 0.2) is 24.4 Å². The van der Waals surface area contributed by atoms with Crippen molar-refractivity contribution in [2.45, 2.75) is 24.8 Å². The maximum atomic E-state index is 9.79. The van der Waals surface area contributed by atoms with E-state index in [4.69, 9.17) is 5.73 Å². The van der Waals surface area contributed by atoms with E-state index >= 15 is 0 Å². The fraction of sp³-hybridized carbons (Fsp3) is 0.364. The van der Waals surface area contributed by atoms with E-state index in [0.29, 0.717) is 0 Å². The average molecular weight is 203 g/mol. The van der Waals surface area contributed by atoms with Crippen LogP contribution in [0, 0.1) is 0 Å². The summed E-state index contributed by atoms with van der Waals surface area (Å²) in [6.07, 6.45) is 4.78. The van der Waals surface area contributed by atoms with Gasteiger partial charge in [0.05, 0.1) is 17.3 Å². The van der Waals surface area contributed by atoms with Gasteiger partial charge in [-0.25, -0.2) is 4.98 Å². The molecule has 0 saturated heterocycles. The Hall–Kier alpha value is -1.55. The van der Waals surface area contributed by atoms with Crippen LogP contribution in [0.1, 0.15) is 25.1 Å². The van der Waals surface area contributed by atoms with E-state index in [-0.39, 0.29) is 11.4 Å². The van der Waals surface area contributed by atoms with Gasteiger partial charge in [-0.3, -0.25) is 4.40 Å². The molecule has 1 aliphatic rings. The minimum atomic E-state index is -0.342. The van der Waals surface area contributed by atoms with Gasteiger partial charge in [0.25, 0.3) is 0 Å². The highest BCUT2D eigenvalue weighted by atomic mass is 16.3. The first-order valence-corrected chi connectivity index (χ1v) is 5.15. The number of pyridine rings is 1. The monoisotopic (exact) mass is 203 g/mol. The van der Waals surface area contributed by atoms with Crippen LogP contribution < -0.4 is 5.73 Å². The molecule has 1 fully saturated rings. The van der Waals surface area contributed by atoms with Crippen LogP contribution in [-0.2, 0) is 5.54 Å². The second kappa shape index (κ2) is 2.73. The molecule has 0 radical (unpaired) electrons. The Labute approximate surface area is 87.4 Å². The standard InChI is InChI=1S/C11H13N3O/c12-11(5-2-6-11)10-13-7-8-3-1-4-9(15)14(8)10/h1,3-4,7,15H,2,5-6,12H2. The number of aromatic nitrogens is 2. The summed E-state index contributed by atoms with van der Waals surface area (Å²) >= 11 is 0. The summed E-state index contributed by atoms with van der Waals surface area (Å²) in [4.78, 5) is 4.33. The third kappa shape index (κ3) is 1.08. The van der Waals surface area contributed by atoms with Crippen LogP contribution in [0.25, 0.3) is 5.52 Å². The summed E-state index contributed by atoms with van der Waals surface area (Å²) in [5.41, 5.74) is 6.76. The first kappa shape index (κ1) is 8.73. The van der Waals surface area contributed by atoms with Crippen molar-refractivity contribution < 1.29 is 5.11 Å². The SMILES string of the molecule is NC1(c2ncc3cccc(O)n23)CCC1. The Kier molecular flexibility index (Phi) is 1.59. The summed E-state index contributed by atoms with van der Waals surface area (Å²) in [5.74, 6) is 0.985. The fourth-order valence-corrected chi connectivity index (χ4v) is 2.16. The Balaban J connectivity index is 2.27. The minimum absolute atomic E-state index is 0.205. The highest BCUT2D eigenvalue weighted by molar-refractivity contribution is 5.49. The lowest BCUT2D eigenvalue weighted by molar-refractivity contribution is 0.234. The van der Waals surface area contributed by atoms with Crippen molar-refractivity contribution in [3.8, 4) is 5.88 Å². The topological polar surface area (TPSA) is 63.5 Å². The van der Waals surface area contributed by atoms with Gasteiger partial charge in [0.15, 0.2) is 5.88 Å². The Morgan fingerprint density at radius 3 is 2.87 bits per heavy atom. The first-order valence-electron chi connectivity index (χ1n) is 5.15. The predicted molar refractivity (Wildman–Crippen MR) is 56.6 cm³/mol. The smallest absolute Gasteiger partial charge is 0.197 e. The van der Waals surface area contributed by atoms with E-state index in [1.54, 1.807) is 22.7 Å². The molecule has 0 bridgehead atoms. The molecule has 4 heteroatoms. The molecule has 2 aromatic rings. The highest BCUT2D eigenvalue weighted by Crippen LogP contribution is 2.38. The van der Waals surface area contributed by atoms with Crippen molar-refractivity contribution in [1.82, 2.24) is 9.38 Å². The van der Waals surface area contributed by atoms with Crippen LogP contribution in [0.4, 0.5) is 0 Å². The summed E-state index contributed by atoms with van der Waals surface area (Å²) in [6, 6.07) is 5.37. The van der Waals surface area contributed by atoms with Gasteiger partial charge >= 0.3 is 0 Å². The van der Waals surface area contributed by atoms with Gasteiger partial charge in [-0.2, -0.15) is 0 Å². The molecule has 0 atom stereocenters. The third-order valence-electron chi connectivity index (χ3n) is 3.22. The summed E-state index contributed by atoms with van der Waals surface area (Å²) in [5, 5.41) is 9.79. The van der Waals surface area contributed by atoms with Crippen LogP contribution >= 0.6 is 0 Å². The molecule has 0 spiro atoms. The molecule has 4 nitrogen and oxygen atoms in total. The second-order valence-corrected chi connectivity index (χ2v) is 4.24. The van der Waals surface area contributed by atoms with Gasteiger partial charge in [0.2, 0.25) is 0 Å². The quantitative estimate of drug-likeness (QED) is 0.736. The maximum Gasteiger partial charge on any atom is 0.197 e. The lowest BCUT2D eigenvalue weighted by Crippen LogP contribution is -2.44. The van der Waals surface area contributed by atoms with Gasteiger partial charge in [0, 0.05) is 0 Å². The highest BCUT2D eigenvalue weighted by Gasteiger charge is 2.38. The molecule has 3 N–H and O–H groups in total. The average Bonchev–Trinajstić information content (AvgIpc) is 2.60. The van der Waals surface area contributed by atoms with E-state index < -0.39 is 0 Å². The van der Waals surface area contributed by atoms with Crippen molar-refractivity contribution in [2.24, 2.45) is 5.73 Å². The van der Waals surface area contributed by atoms with Crippen molar-refractivity contribution in [3.63, 3.8) is 0 Å². The van der Waals surface area contributed by atoms with E-state index in [2.05, 4.69) is 4.98 Å². The molecule has 3 rings (SSSR count). The number of imidazole rings is 1. The molecule has 1 aliphatic carbocycles. The zero-order chi connectivity index (χ0) is 10.5. The molecule has 0 aliphatic heterocycles. The number of nitrogens with two attached hydrogens (primary N) is 1. The van der Waals surface area contributed by atoms with Crippen molar-refractivity contribution in [3.05, 3.63) is 30.2 Å². The molecule has 1 saturated carbocycles. The Bertz CT molecular complexity index is 514. The Morgan fingerprint density at radius 2 is 2.20 bits per heavy atom. The Morgan fingerprint density at radius 1 is 1.40 bits per heavy atom. The van der Waals surface area contributed by atoms with Crippen LogP contribution in [0.3, 0.4) is 0 Å². The largest absolute Gasteiger partial charge is 0.494 e. The lowest BCUT2D eigenvalue weighted by Gasteiger charge is -2.36. The molecule has 0 unspecified atom stereocenters. The summed E-state index contributed by atoms with van der Waals surface area (Å²) in [7, 11) is 0. The molecule has 78 valence electrons. The minimum Gasteiger partial charge on any atom is -0.494 e. The maximum absolute atomic E-state index is 9.79. The predicted octanol–water partition coefficient (Wildman–Crippen LogP) is 1.38. The van der Waals surface area contributed by atoms with Crippen molar-refractivity contribution >= 4 is 5.52 Å². The summed E-state index contributed by atoms with van der Waals surface area (Å²) < 4.78 is 1.74. The second-order valence-electron chi connectivity index (χ2n) is 4.24. The number of nitrogens with zero attached hydrogens (tertiary/aromatic N) is 2. The van der Waals surface area contributed by atoms with Crippen LogP contribution in [0.2, 0.25) is 0 Å². The number of hydrogen-bond donors (Lipinski definition) is 2. The number of rotatable bonds is 1. The zero-order valence-electron chi connectivity index (χ0n) is 8.35.